The number of sulfone groups is 1. The molecule has 0 fully saturated rings. The fraction of sp³-hybridized carbons (Fsp3) is 0.333. The summed E-state index contributed by atoms with van der Waals surface area (Å²) >= 11 is 3.37. The Kier molecular flexibility index (Phi) is 5.25. The van der Waals surface area contributed by atoms with Gasteiger partial charge in [0.2, 0.25) is 11.8 Å². The van der Waals surface area contributed by atoms with Crippen molar-refractivity contribution in [3.8, 4) is 0 Å². The van der Waals surface area contributed by atoms with Crippen molar-refractivity contribution in [1.82, 2.24) is 0 Å². The second kappa shape index (κ2) is 7.57. The number of hydrogen-bond donors (Lipinski definition) is 0. The molecule has 2 aromatic carbocycles. The number of hydrogen-bond acceptors (Lipinski definition) is 4. The lowest BCUT2D eigenvalue weighted by molar-refractivity contribution is -0.118. The van der Waals surface area contributed by atoms with Crippen molar-refractivity contribution in [3.05, 3.63) is 52.0 Å². The van der Waals surface area contributed by atoms with Gasteiger partial charge < -0.3 is 9.80 Å². The molecule has 0 aromatic heterocycles. The van der Waals surface area contributed by atoms with Crippen LogP contribution in [0.3, 0.4) is 0 Å². The first kappa shape index (κ1) is 20.1. The van der Waals surface area contributed by atoms with Gasteiger partial charge in [-0.2, -0.15) is 0 Å². The number of anilines is 2. The Labute approximate surface area is 178 Å². The number of fused-ring (bicyclic) bond motifs is 2. The standard InChI is InChI=1S/C21H21BrN2O4S/c1-14(25)23-9-7-16-12-17(22)13-19(21(16)23)29(27,28)11-8-20(26)24-10-6-15-4-2-3-5-18(15)24/h2-5,12-13H,6-11H2,1H3. The van der Waals surface area contributed by atoms with Gasteiger partial charge in [0, 0.05) is 36.6 Å². The van der Waals surface area contributed by atoms with Crippen molar-refractivity contribution < 1.29 is 18.0 Å². The van der Waals surface area contributed by atoms with E-state index in [2.05, 4.69) is 15.9 Å². The van der Waals surface area contributed by atoms with Crippen LogP contribution in [0, 0.1) is 0 Å². The second-order valence-electron chi connectivity index (χ2n) is 7.33. The van der Waals surface area contributed by atoms with Crippen molar-refractivity contribution in [2.24, 2.45) is 0 Å². The normalized spacial score (nSPS) is 15.4. The first-order valence-corrected chi connectivity index (χ1v) is 11.9. The molecule has 0 bridgehead atoms. The summed E-state index contributed by atoms with van der Waals surface area (Å²) < 4.78 is 26.9. The van der Waals surface area contributed by atoms with E-state index in [4.69, 9.17) is 0 Å². The lowest BCUT2D eigenvalue weighted by atomic mass is 10.2. The molecular weight excluding hydrogens is 456 g/mol. The van der Waals surface area contributed by atoms with Gasteiger partial charge in [-0.25, -0.2) is 8.42 Å². The van der Waals surface area contributed by atoms with Gasteiger partial charge in [-0.3, -0.25) is 9.59 Å². The molecule has 0 aliphatic carbocycles. The summed E-state index contributed by atoms with van der Waals surface area (Å²) in [6.45, 7) is 2.47. The third kappa shape index (κ3) is 3.71. The smallest absolute Gasteiger partial charge is 0.228 e. The molecule has 8 heteroatoms. The predicted octanol–water partition coefficient (Wildman–Crippen LogP) is 3.11. The van der Waals surface area contributed by atoms with Gasteiger partial charge in [0.05, 0.1) is 16.3 Å². The van der Waals surface area contributed by atoms with Crippen LogP contribution in [0.4, 0.5) is 11.4 Å². The van der Waals surface area contributed by atoms with Crippen LogP contribution in [0.2, 0.25) is 0 Å². The molecule has 4 rings (SSSR count). The van der Waals surface area contributed by atoms with E-state index in [9.17, 15) is 18.0 Å². The summed E-state index contributed by atoms with van der Waals surface area (Å²) in [5, 5.41) is 0. The Balaban J connectivity index is 1.58. The summed E-state index contributed by atoms with van der Waals surface area (Å²) in [6.07, 6.45) is 1.29. The quantitative estimate of drug-likeness (QED) is 0.679. The minimum atomic E-state index is -3.75. The van der Waals surface area contributed by atoms with Crippen LogP contribution in [0.5, 0.6) is 0 Å². The van der Waals surface area contributed by atoms with Gasteiger partial charge in [-0.05, 0) is 42.2 Å². The van der Waals surface area contributed by atoms with Crippen LogP contribution in [-0.4, -0.2) is 39.1 Å². The van der Waals surface area contributed by atoms with E-state index in [-0.39, 0.29) is 28.9 Å². The molecule has 0 spiro atoms. The molecule has 2 aliphatic rings. The van der Waals surface area contributed by atoms with Gasteiger partial charge >= 0.3 is 0 Å². The largest absolute Gasteiger partial charge is 0.312 e. The molecule has 0 radical (unpaired) electrons. The zero-order valence-electron chi connectivity index (χ0n) is 16.0. The Bertz CT molecular complexity index is 1110. The topological polar surface area (TPSA) is 74.8 Å². The number of nitrogens with zero attached hydrogens (tertiary/aromatic N) is 2. The van der Waals surface area contributed by atoms with Crippen LogP contribution in [-0.2, 0) is 32.3 Å². The van der Waals surface area contributed by atoms with Crippen LogP contribution in [0.15, 0.2) is 45.8 Å². The highest BCUT2D eigenvalue weighted by Gasteiger charge is 2.32. The van der Waals surface area contributed by atoms with Gasteiger partial charge in [0.15, 0.2) is 9.84 Å². The second-order valence-corrected chi connectivity index (χ2v) is 10.3. The monoisotopic (exact) mass is 476 g/mol. The molecule has 29 heavy (non-hydrogen) atoms. The molecule has 2 amide bonds. The molecule has 2 heterocycles. The van der Waals surface area contributed by atoms with E-state index < -0.39 is 9.84 Å². The highest BCUT2D eigenvalue weighted by molar-refractivity contribution is 9.10. The maximum Gasteiger partial charge on any atom is 0.228 e. The summed E-state index contributed by atoms with van der Waals surface area (Å²) in [5.74, 6) is -0.681. The molecule has 6 nitrogen and oxygen atoms in total. The molecule has 0 unspecified atom stereocenters. The van der Waals surface area contributed by atoms with E-state index in [1.165, 1.54) is 17.9 Å². The minimum Gasteiger partial charge on any atom is -0.312 e. The fourth-order valence-corrected chi connectivity index (χ4v) is 6.25. The molecule has 152 valence electrons. The van der Waals surface area contributed by atoms with Gasteiger partial charge in [-0.1, -0.05) is 34.1 Å². The fourth-order valence-electron chi connectivity index (χ4n) is 4.09. The Hall–Kier alpha value is -2.19. The Morgan fingerprint density at radius 3 is 2.48 bits per heavy atom. The number of halogens is 1. The number of rotatable bonds is 4. The van der Waals surface area contributed by atoms with Crippen LogP contribution < -0.4 is 9.80 Å². The molecule has 0 saturated heterocycles. The van der Waals surface area contributed by atoms with E-state index in [0.29, 0.717) is 29.7 Å². The maximum atomic E-state index is 13.1. The van der Waals surface area contributed by atoms with E-state index in [0.717, 1.165) is 23.2 Å². The average molecular weight is 477 g/mol. The predicted molar refractivity (Wildman–Crippen MR) is 115 cm³/mol. The first-order valence-electron chi connectivity index (χ1n) is 9.49. The average Bonchev–Trinajstić information content (AvgIpc) is 3.29. The summed E-state index contributed by atoms with van der Waals surface area (Å²) in [5.41, 5.74) is 3.25. The highest BCUT2D eigenvalue weighted by Crippen LogP contribution is 2.38. The Morgan fingerprint density at radius 1 is 1.03 bits per heavy atom. The number of amides is 2. The van der Waals surface area contributed by atoms with Crippen molar-refractivity contribution in [2.75, 3.05) is 28.6 Å². The highest BCUT2D eigenvalue weighted by atomic mass is 79.9. The van der Waals surface area contributed by atoms with Crippen molar-refractivity contribution in [3.63, 3.8) is 0 Å². The zero-order chi connectivity index (χ0) is 20.8. The molecule has 0 saturated carbocycles. The zero-order valence-corrected chi connectivity index (χ0v) is 18.4. The number of benzene rings is 2. The molecule has 0 atom stereocenters. The summed E-state index contributed by atoms with van der Waals surface area (Å²) in [7, 11) is -3.75. The van der Waals surface area contributed by atoms with Gasteiger partial charge in [0.25, 0.3) is 0 Å². The first-order chi connectivity index (χ1) is 13.8. The molecular formula is C21H21BrN2O4S. The number of para-hydroxylation sites is 1. The summed E-state index contributed by atoms with van der Waals surface area (Å²) in [6, 6.07) is 11.1. The van der Waals surface area contributed by atoms with Crippen LogP contribution in [0.1, 0.15) is 24.5 Å². The van der Waals surface area contributed by atoms with Crippen LogP contribution >= 0.6 is 15.9 Å². The van der Waals surface area contributed by atoms with Gasteiger partial charge in [0.1, 0.15) is 0 Å². The maximum absolute atomic E-state index is 13.1. The van der Waals surface area contributed by atoms with Crippen molar-refractivity contribution >= 4 is 49.0 Å². The SMILES string of the molecule is CC(=O)N1CCc2cc(Br)cc(S(=O)(=O)CCC(=O)N3CCc4ccccc43)c21. The molecule has 2 aliphatic heterocycles. The minimum absolute atomic E-state index is 0.0992. The number of carbonyl (C=O) groups is 2. The van der Waals surface area contributed by atoms with E-state index in [1.54, 1.807) is 4.90 Å². The van der Waals surface area contributed by atoms with E-state index >= 15 is 0 Å². The molecule has 0 N–H and O–H groups in total. The third-order valence-electron chi connectivity index (χ3n) is 5.48. The van der Waals surface area contributed by atoms with Crippen LogP contribution in [0.25, 0.3) is 0 Å². The van der Waals surface area contributed by atoms with Gasteiger partial charge in [-0.15, -0.1) is 0 Å². The number of carbonyl (C=O) groups excluding carboxylic acids is 2. The summed E-state index contributed by atoms with van der Waals surface area (Å²) in [4.78, 5) is 28.0. The lowest BCUT2D eigenvalue weighted by Crippen LogP contribution is -2.31. The molecule has 2 aromatic rings. The lowest BCUT2D eigenvalue weighted by Gasteiger charge is -2.20. The van der Waals surface area contributed by atoms with E-state index in [1.807, 2.05) is 30.3 Å². The van der Waals surface area contributed by atoms with Crippen molar-refractivity contribution in [2.45, 2.75) is 31.1 Å². The Morgan fingerprint density at radius 2 is 1.72 bits per heavy atom. The third-order valence-corrected chi connectivity index (χ3v) is 7.66. The van der Waals surface area contributed by atoms with Crippen molar-refractivity contribution in [1.29, 1.82) is 0 Å².